The topological polar surface area (TPSA) is 809 Å². The van der Waals surface area contributed by atoms with Crippen LogP contribution in [-0.2, 0) is 107 Å². The number of hydrogen-bond acceptors (Lipinski definition) is 44. The lowest BCUT2D eigenvalue weighted by Gasteiger charge is -2.28. The number of aliphatic hydroxyl groups excluding tert-OH is 2. The van der Waals surface area contributed by atoms with Crippen LogP contribution in [0, 0.1) is 5.92 Å². The minimum absolute atomic E-state index is 0.00589. The molecule has 63 heteroatoms. The number of rotatable bonds is 36. The van der Waals surface area contributed by atoms with Crippen LogP contribution in [0.15, 0.2) is 127 Å². The van der Waals surface area contributed by atoms with E-state index in [1.54, 1.807) is 56.3 Å². The summed E-state index contributed by atoms with van der Waals surface area (Å²) in [6.07, 6.45) is -23.3. The summed E-state index contributed by atoms with van der Waals surface area (Å²) >= 11 is 0. The minimum atomic E-state index is -5.65. The van der Waals surface area contributed by atoms with Crippen LogP contribution >= 0.6 is 38.9 Å². The molecular formula is C72H87N24O34P5. The Morgan fingerprint density at radius 2 is 0.793 bits per heavy atom. The zero-order valence-corrected chi connectivity index (χ0v) is 74.8. The molecule has 58 nitrogen and oxygen atoms in total. The molecule has 9 aromatic heterocycles. The Bertz CT molecular complexity index is 6970. The second-order valence-corrected chi connectivity index (χ2v) is 39.6. The SMILES string of the molecule is CC(C)C(=O)Nc1ccn([C@H]2C[C@H](OP(=O)(Cc3cccc4ccccc34)OC[C@H]3O[C@@H](n4cnc5c(=O)[nH]c(N)nc54)C[C@@H]3OP(=O)(O)OC[C@H]3O[C@@H](n4ccc(N)nc4=O)C[C@@H]3OP(=O)(O)OC[C@H]3O[C@@H](n4cnc5c(=O)[nH]c(N)nc54)C[C@@H]3O)[C@@H](COP(=O)(O)O[C@H]3C[C@H](n4ccc(N)nc4=O)O[C@@H]3COP(=O)(O)O[C@H]3C[C@H](n4cnc5c(=O)[nH]c(N)nc54)O[C@@H]3CO)O2)c(=O)n1. The molecule has 11 aromatic rings. The predicted octanol–water partition coefficient (Wildman–Crippen LogP) is 0.698. The number of ether oxygens (including phenoxy) is 6. The number of imidazole rings is 3. The molecule has 17 rings (SSSR count). The number of hydrogen-bond donors (Lipinski definition) is 15. The lowest BCUT2D eigenvalue weighted by atomic mass is 10.1. The van der Waals surface area contributed by atoms with E-state index in [1.807, 2.05) is 0 Å². The van der Waals surface area contributed by atoms with Crippen molar-refractivity contribution in [3.05, 3.63) is 166 Å². The summed E-state index contributed by atoms with van der Waals surface area (Å²) in [7, 11) is -27.0. The van der Waals surface area contributed by atoms with Gasteiger partial charge in [0.05, 0.1) is 70.9 Å². The van der Waals surface area contributed by atoms with Gasteiger partial charge in [-0.3, -0.25) is 102 Å². The van der Waals surface area contributed by atoms with Crippen LogP contribution in [0.4, 0.5) is 35.3 Å². The van der Waals surface area contributed by atoms with Crippen LogP contribution in [0.1, 0.15) is 95.3 Å². The van der Waals surface area contributed by atoms with Crippen LogP contribution in [-0.4, -0.2) is 236 Å². The number of benzene rings is 2. The van der Waals surface area contributed by atoms with Crippen molar-refractivity contribution < 1.29 is 131 Å². The average Bonchev–Trinajstić information content (AvgIpc) is 1.63. The van der Waals surface area contributed by atoms with Crippen LogP contribution in [0.25, 0.3) is 44.3 Å². The van der Waals surface area contributed by atoms with Crippen molar-refractivity contribution in [1.82, 2.24) is 87.2 Å². The van der Waals surface area contributed by atoms with Crippen LogP contribution in [0.2, 0.25) is 0 Å². The van der Waals surface area contributed by atoms with Crippen LogP contribution < -0.4 is 67.7 Å². The maximum absolute atomic E-state index is 16.6. The standard InChI is InChI=1S/C72H87N24O34P5/c1-32(2)63(99)83-50-12-15-93(72(105)84-50)52-18-38(45(122-52)25-117-134(111,112)129-40-20-54(92-14-11-49(74)82-71(92)104)123-46(40)26-118-133(109,110)127-37-17-55(120-42(37)22-97)95-30-79-58-61(95)86-68(76)89-65(58)101)126-131(106,28-34-8-5-7-33-6-3-4-9-35(33)34)115-24-44-41(21-56(125-44)96-31-80-59-62(96)87-69(77)90-66(59)102)130-135(113,114)119-27-47-39(19-53(124-47)91-13-10-48(73)81-70(91)103)128-132(107,108)116-23-43-36(98)16-51(121-43)94-29-78-57-60(94)85-67(75)88-64(57)100/h3-15,29-32,36-47,51-56,97-98H,16-28H2,1-2H3,(H,107,108)(H,109,110)(H,111,112)(H,113,114)(H2,73,81,103)(H2,74,82,104)(H3,75,85,88,100)(H3,76,86,89,101)(H3,77,87,90,102)(H,83,84,99,105)/t36-,37-,38-,39-,40-,41-,42+,43+,44+,45+,46+,47+,51+,52+,53+,54+,55+,56+,131?/m0/s1. The number of aromatic nitrogens is 18. The number of phosphoric ester groups is 4. The summed E-state index contributed by atoms with van der Waals surface area (Å²) in [5, 5.41) is 25.1. The molecule has 0 aliphatic carbocycles. The van der Waals surface area contributed by atoms with Gasteiger partial charge in [-0.2, -0.15) is 29.9 Å². The zero-order valence-electron chi connectivity index (χ0n) is 70.3. The van der Waals surface area contributed by atoms with E-state index in [2.05, 4.69) is 65.1 Å². The van der Waals surface area contributed by atoms with Gasteiger partial charge in [0.25, 0.3) is 16.7 Å². The highest BCUT2D eigenvalue weighted by molar-refractivity contribution is 7.53. The number of nitrogen functional groups attached to an aromatic ring is 5. The zero-order chi connectivity index (χ0) is 95.6. The molecule has 5 unspecified atom stereocenters. The highest BCUT2D eigenvalue weighted by atomic mass is 31.2. The molecule has 6 aliphatic heterocycles. The largest absolute Gasteiger partial charge is 0.472 e. The van der Waals surface area contributed by atoms with E-state index < -0.39 is 267 Å². The molecule has 724 valence electrons. The summed E-state index contributed by atoms with van der Waals surface area (Å²) in [5.41, 5.74) is 23.6. The van der Waals surface area contributed by atoms with Gasteiger partial charge in [0.2, 0.25) is 23.8 Å². The number of H-pyrrole nitrogens is 3. The summed E-state index contributed by atoms with van der Waals surface area (Å²) in [6, 6.07) is 15.5. The van der Waals surface area contributed by atoms with E-state index >= 15 is 4.57 Å². The molecule has 6 saturated heterocycles. The first-order valence-electron chi connectivity index (χ1n) is 41.2. The summed E-state index contributed by atoms with van der Waals surface area (Å²) < 4.78 is 176. The Morgan fingerprint density at radius 1 is 0.444 bits per heavy atom. The van der Waals surface area contributed by atoms with Gasteiger partial charge in [0.15, 0.2) is 33.5 Å². The van der Waals surface area contributed by atoms with Gasteiger partial charge in [0.1, 0.15) is 122 Å². The summed E-state index contributed by atoms with van der Waals surface area (Å²) in [4.78, 5) is 182. The lowest BCUT2D eigenvalue weighted by Crippen LogP contribution is -2.32. The van der Waals surface area contributed by atoms with Crippen LogP contribution in [0.5, 0.6) is 0 Å². The van der Waals surface area contributed by atoms with Crippen molar-refractivity contribution in [2.45, 2.75) is 169 Å². The molecule has 15 heterocycles. The third-order valence-electron chi connectivity index (χ3n) is 22.5. The van der Waals surface area contributed by atoms with Gasteiger partial charge >= 0.3 is 56.0 Å². The number of fused-ring (bicyclic) bond motifs is 4. The average molecular weight is 1990 g/mol. The van der Waals surface area contributed by atoms with E-state index in [0.717, 1.165) is 20.0 Å². The number of aliphatic hydroxyl groups is 2. The molecule has 0 radical (unpaired) electrons. The van der Waals surface area contributed by atoms with E-state index in [-0.39, 0.29) is 81.6 Å². The lowest BCUT2D eigenvalue weighted by molar-refractivity contribution is -0.118. The summed E-state index contributed by atoms with van der Waals surface area (Å²) in [6.45, 7) is -2.56. The summed E-state index contributed by atoms with van der Waals surface area (Å²) in [5.74, 6) is -2.59. The second-order valence-electron chi connectivity index (χ2n) is 32.0. The maximum Gasteiger partial charge on any atom is 0.472 e. The van der Waals surface area contributed by atoms with Gasteiger partial charge in [-0.25, -0.2) is 47.6 Å². The third-order valence-corrected chi connectivity index (χ3v) is 28.4. The minimum Gasteiger partial charge on any atom is -0.394 e. The van der Waals surface area contributed by atoms with Gasteiger partial charge in [-0.15, -0.1) is 0 Å². The molecule has 0 bridgehead atoms. The Hall–Kier alpha value is -10.9. The third kappa shape index (κ3) is 21.5. The predicted molar refractivity (Wildman–Crippen MR) is 458 cm³/mol. The molecular weight excluding hydrogens is 1900 g/mol. The van der Waals surface area contributed by atoms with Crippen molar-refractivity contribution in [2.24, 2.45) is 5.92 Å². The number of nitrogens with one attached hydrogen (secondary N) is 4. The fourth-order valence-electron chi connectivity index (χ4n) is 16.1. The molecule has 20 N–H and O–H groups in total. The van der Waals surface area contributed by atoms with E-state index in [1.165, 1.54) is 63.1 Å². The number of phosphoric acid groups is 4. The Kier molecular flexibility index (Phi) is 27.4. The molecule has 0 spiro atoms. The smallest absolute Gasteiger partial charge is 0.394 e. The van der Waals surface area contributed by atoms with Gasteiger partial charge < -0.3 is 101 Å². The fraction of sp³-hybridized carbons (Fsp3) is 0.472. The van der Waals surface area contributed by atoms with Crippen LogP contribution in [0.3, 0.4) is 0 Å². The number of nitrogens with zero attached hydrogens (tertiary/aromatic N) is 15. The van der Waals surface area contributed by atoms with Gasteiger partial charge in [-0.1, -0.05) is 56.3 Å². The second kappa shape index (κ2) is 38.6. The number of amides is 1. The van der Waals surface area contributed by atoms with Gasteiger partial charge in [0, 0.05) is 63.0 Å². The van der Waals surface area contributed by atoms with Crippen molar-refractivity contribution in [3.63, 3.8) is 0 Å². The monoisotopic (exact) mass is 1990 g/mol. The fourth-order valence-corrected chi connectivity index (χ4v) is 21.8. The first kappa shape index (κ1) is 95.8. The maximum atomic E-state index is 16.6. The highest BCUT2D eigenvalue weighted by Crippen LogP contribution is 2.59. The first-order chi connectivity index (χ1) is 64.2. The number of aromatic amines is 3. The first-order valence-corrected chi connectivity index (χ1v) is 48.9. The highest BCUT2D eigenvalue weighted by Gasteiger charge is 2.52. The van der Waals surface area contributed by atoms with Crippen molar-refractivity contribution in [3.8, 4) is 0 Å². The number of anilines is 6. The van der Waals surface area contributed by atoms with Crippen molar-refractivity contribution >= 4 is 124 Å². The molecule has 2 aromatic carbocycles. The molecule has 6 fully saturated rings. The molecule has 0 saturated carbocycles. The molecule has 23 atom stereocenters. The number of carbonyl (C=O) groups is 1. The molecule has 135 heavy (non-hydrogen) atoms. The van der Waals surface area contributed by atoms with Crippen molar-refractivity contribution in [2.75, 3.05) is 73.6 Å². The van der Waals surface area contributed by atoms with Gasteiger partial charge in [-0.05, 0) is 34.5 Å². The number of carbonyl (C=O) groups excluding carboxylic acids is 1. The van der Waals surface area contributed by atoms with E-state index in [0.29, 0.717) is 16.3 Å². The van der Waals surface area contributed by atoms with Crippen molar-refractivity contribution in [1.29, 1.82) is 0 Å². The Morgan fingerprint density at radius 3 is 1.20 bits per heavy atom. The van der Waals surface area contributed by atoms with E-state index in [9.17, 15) is 81.6 Å². The molecule has 6 aliphatic rings. The molecule has 1 amide bonds. The normalized spacial score (nSPS) is 27.7. The van der Waals surface area contributed by atoms with E-state index in [4.69, 9.17) is 102 Å². The quantitative estimate of drug-likeness (QED) is 0.0240. The Labute approximate surface area is 754 Å². The number of nitrogens with two attached hydrogens (primary N) is 5. The Balaban J connectivity index is 0.634.